The summed E-state index contributed by atoms with van der Waals surface area (Å²) in [7, 11) is 1.90. The number of carbonyl (C=O) groups excluding carboxylic acids is 2. The first-order chi connectivity index (χ1) is 14.0. The molecule has 0 aromatic carbocycles. The molecule has 1 fully saturated rings. The molecule has 0 unspecified atom stereocenters. The molecule has 7 nitrogen and oxygen atoms in total. The Morgan fingerprint density at radius 3 is 2.59 bits per heavy atom. The van der Waals surface area contributed by atoms with Crippen LogP contribution in [0.4, 0.5) is 5.82 Å². The van der Waals surface area contributed by atoms with E-state index in [-0.39, 0.29) is 17.7 Å². The van der Waals surface area contributed by atoms with Crippen LogP contribution in [-0.4, -0.2) is 58.3 Å². The number of fused-ring (bicyclic) bond motifs is 1. The van der Waals surface area contributed by atoms with Gasteiger partial charge in [-0.25, -0.2) is 9.97 Å². The molecule has 1 aromatic rings. The van der Waals surface area contributed by atoms with Crippen LogP contribution in [0.25, 0.3) is 0 Å². The van der Waals surface area contributed by atoms with Gasteiger partial charge in [0.1, 0.15) is 11.6 Å². The highest BCUT2D eigenvalue weighted by Crippen LogP contribution is 2.31. The lowest BCUT2D eigenvalue weighted by Crippen LogP contribution is -2.38. The standard InChI is InChI=1S/C22H31N5O2/c1-15(28)26-10-7-17(8-11-26)21-24-19-14-27(12-9-18(19)22(23-2)25-21)20(29)13-16-5-3-4-6-16/h3,5,16-17H,4,6-14H2,1-2H3,(H,23,24,25)/t16-/m1/s1. The minimum Gasteiger partial charge on any atom is -0.373 e. The van der Waals surface area contributed by atoms with Crippen LogP contribution >= 0.6 is 0 Å². The van der Waals surface area contributed by atoms with Crippen molar-refractivity contribution in [2.24, 2.45) is 5.92 Å². The third-order valence-electron chi connectivity index (χ3n) is 6.53. The summed E-state index contributed by atoms with van der Waals surface area (Å²) in [5, 5.41) is 3.24. The zero-order valence-electron chi connectivity index (χ0n) is 17.5. The Labute approximate surface area is 172 Å². The summed E-state index contributed by atoms with van der Waals surface area (Å²) in [5.41, 5.74) is 2.12. The maximum atomic E-state index is 12.8. The summed E-state index contributed by atoms with van der Waals surface area (Å²) >= 11 is 0. The zero-order valence-corrected chi connectivity index (χ0v) is 17.5. The summed E-state index contributed by atoms with van der Waals surface area (Å²) in [6, 6.07) is 0. The minimum atomic E-state index is 0.136. The Bertz CT molecular complexity index is 814. The molecule has 4 rings (SSSR count). The number of anilines is 1. The first kappa shape index (κ1) is 19.9. The molecule has 156 valence electrons. The number of likely N-dealkylation sites (tertiary alicyclic amines) is 1. The van der Waals surface area contributed by atoms with Gasteiger partial charge in [-0.2, -0.15) is 0 Å². The molecule has 0 spiro atoms. The number of carbonyl (C=O) groups is 2. The lowest BCUT2D eigenvalue weighted by atomic mass is 9.95. The predicted molar refractivity (Wildman–Crippen MR) is 111 cm³/mol. The number of amides is 2. The van der Waals surface area contributed by atoms with Crippen LogP contribution in [0.3, 0.4) is 0 Å². The number of hydrogen-bond acceptors (Lipinski definition) is 5. The molecule has 29 heavy (non-hydrogen) atoms. The molecule has 0 radical (unpaired) electrons. The van der Waals surface area contributed by atoms with Crippen LogP contribution < -0.4 is 5.32 Å². The molecule has 3 aliphatic rings. The summed E-state index contributed by atoms with van der Waals surface area (Å²) < 4.78 is 0. The van der Waals surface area contributed by atoms with Crippen molar-refractivity contribution in [1.29, 1.82) is 0 Å². The van der Waals surface area contributed by atoms with E-state index in [1.165, 1.54) is 0 Å². The van der Waals surface area contributed by atoms with Gasteiger partial charge in [0.05, 0.1) is 12.2 Å². The minimum absolute atomic E-state index is 0.136. The quantitative estimate of drug-likeness (QED) is 0.790. The van der Waals surface area contributed by atoms with Gasteiger partial charge >= 0.3 is 0 Å². The molecular weight excluding hydrogens is 366 g/mol. The SMILES string of the molecule is CNc1nc(C2CCN(C(C)=O)CC2)nc2c1CCN(C(=O)C[C@@H]1C=CCC1)C2. The molecule has 7 heteroatoms. The van der Waals surface area contributed by atoms with Crippen molar-refractivity contribution in [1.82, 2.24) is 19.8 Å². The second-order valence-corrected chi connectivity index (χ2v) is 8.42. The van der Waals surface area contributed by atoms with Crippen molar-refractivity contribution in [2.45, 2.75) is 57.9 Å². The van der Waals surface area contributed by atoms with Crippen molar-refractivity contribution in [3.63, 3.8) is 0 Å². The number of piperidine rings is 1. The zero-order chi connectivity index (χ0) is 20.4. The average Bonchev–Trinajstić information content (AvgIpc) is 3.25. The first-order valence-electron chi connectivity index (χ1n) is 10.8. The number of aromatic nitrogens is 2. The fraction of sp³-hybridized carbons (Fsp3) is 0.636. The second-order valence-electron chi connectivity index (χ2n) is 8.42. The molecule has 0 saturated carbocycles. The monoisotopic (exact) mass is 397 g/mol. The van der Waals surface area contributed by atoms with Gasteiger partial charge in [0.25, 0.3) is 0 Å². The van der Waals surface area contributed by atoms with Gasteiger partial charge in [-0.1, -0.05) is 12.2 Å². The van der Waals surface area contributed by atoms with E-state index in [1.807, 2.05) is 16.8 Å². The highest BCUT2D eigenvalue weighted by Gasteiger charge is 2.29. The van der Waals surface area contributed by atoms with Gasteiger partial charge in [0.2, 0.25) is 11.8 Å². The van der Waals surface area contributed by atoms with Crippen molar-refractivity contribution in [3.8, 4) is 0 Å². The molecule has 2 amide bonds. The normalized spacial score (nSPS) is 21.9. The van der Waals surface area contributed by atoms with E-state index >= 15 is 0 Å². The number of rotatable bonds is 4. The van der Waals surface area contributed by atoms with Gasteiger partial charge in [-0.15, -0.1) is 0 Å². The highest BCUT2D eigenvalue weighted by atomic mass is 16.2. The first-order valence-corrected chi connectivity index (χ1v) is 10.8. The highest BCUT2D eigenvalue weighted by molar-refractivity contribution is 5.77. The Kier molecular flexibility index (Phi) is 5.83. The third-order valence-corrected chi connectivity index (χ3v) is 6.53. The summed E-state index contributed by atoms with van der Waals surface area (Å²) in [4.78, 5) is 38.0. The van der Waals surface area contributed by atoms with E-state index in [9.17, 15) is 9.59 Å². The number of nitrogens with zero attached hydrogens (tertiary/aromatic N) is 4. The van der Waals surface area contributed by atoms with Crippen LogP contribution in [0.5, 0.6) is 0 Å². The molecule has 1 atom stereocenters. The number of nitrogens with one attached hydrogen (secondary N) is 1. The molecular formula is C22H31N5O2. The largest absolute Gasteiger partial charge is 0.373 e. The van der Waals surface area contributed by atoms with Crippen LogP contribution in [0.1, 0.15) is 62.0 Å². The fourth-order valence-corrected chi connectivity index (χ4v) is 4.72. The second kappa shape index (κ2) is 8.51. The van der Waals surface area contributed by atoms with E-state index < -0.39 is 0 Å². The van der Waals surface area contributed by atoms with Crippen LogP contribution in [-0.2, 0) is 22.6 Å². The lowest BCUT2D eigenvalue weighted by Gasteiger charge is -2.33. The van der Waals surface area contributed by atoms with Crippen molar-refractivity contribution < 1.29 is 9.59 Å². The average molecular weight is 398 g/mol. The van der Waals surface area contributed by atoms with Gasteiger partial charge in [-0.05, 0) is 38.0 Å². The van der Waals surface area contributed by atoms with Crippen molar-refractivity contribution >= 4 is 17.6 Å². The lowest BCUT2D eigenvalue weighted by molar-refractivity contribution is -0.133. The Hall–Kier alpha value is -2.44. The topological polar surface area (TPSA) is 78.4 Å². The summed E-state index contributed by atoms with van der Waals surface area (Å²) in [5.74, 6) is 2.76. The molecule has 1 aliphatic carbocycles. The molecule has 1 saturated heterocycles. The Morgan fingerprint density at radius 2 is 1.93 bits per heavy atom. The molecule has 1 aromatic heterocycles. The summed E-state index contributed by atoms with van der Waals surface area (Å²) in [6.07, 6.45) is 9.71. The van der Waals surface area contributed by atoms with Crippen molar-refractivity contribution in [3.05, 3.63) is 29.2 Å². The van der Waals surface area contributed by atoms with Gasteiger partial charge in [0, 0.05) is 51.5 Å². The smallest absolute Gasteiger partial charge is 0.223 e. The molecule has 1 N–H and O–H groups in total. The van der Waals surface area contributed by atoms with Gasteiger partial charge in [-0.3, -0.25) is 9.59 Å². The Morgan fingerprint density at radius 1 is 1.14 bits per heavy atom. The number of allylic oxidation sites excluding steroid dienone is 2. The van der Waals surface area contributed by atoms with E-state index in [4.69, 9.17) is 9.97 Å². The fourth-order valence-electron chi connectivity index (χ4n) is 4.72. The van der Waals surface area contributed by atoms with E-state index in [0.717, 1.165) is 74.6 Å². The van der Waals surface area contributed by atoms with Crippen LogP contribution in [0.2, 0.25) is 0 Å². The predicted octanol–water partition coefficient (Wildman–Crippen LogP) is 2.49. The third kappa shape index (κ3) is 4.28. The van der Waals surface area contributed by atoms with E-state index in [0.29, 0.717) is 18.9 Å². The maximum Gasteiger partial charge on any atom is 0.223 e. The van der Waals surface area contributed by atoms with Gasteiger partial charge < -0.3 is 15.1 Å². The van der Waals surface area contributed by atoms with Gasteiger partial charge in [0.15, 0.2) is 0 Å². The summed E-state index contributed by atoms with van der Waals surface area (Å²) in [6.45, 7) is 4.45. The molecule has 0 bridgehead atoms. The van der Waals surface area contributed by atoms with Crippen molar-refractivity contribution in [2.75, 3.05) is 32.0 Å². The molecule has 2 aliphatic heterocycles. The van der Waals surface area contributed by atoms with Crippen LogP contribution in [0, 0.1) is 5.92 Å². The molecule has 3 heterocycles. The number of hydrogen-bond donors (Lipinski definition) is 1. The Balaban J connectivity index is 1.49. The van der Waals surface area contributed by atoms with E-state index in [1.54, 1.807) is 6.92 Å². The van der Waals surface area contributed by atoms with E-state index in [2.05, 4.69) is 17.5 Å². The maximum absolute atomic E-state index is 12.8. The van der Waals surface area contributed by atoms with Crippen LogP contribution in [0.15, 0.2) is 12.2 Å².